The number of urea groups is 1. The van der Waals surface area contributed by atoms with Crippen LogP contribution in [0.1, 0.15) is 32.1 Å². The first-order valence-corrected chi connectivity index (χ1v) is 8.15. The molecule has 0 bridgehead atoms. The maximum Gasteiger partial charge on any atom is 0.327 e. The van der Waals surface area contributed by atoms with Gasteiger partial charge in [-0.05, 0) is 12.8 Å². The van der Waals surface area contributed by atoms with Gasteiger partial charge in [0.15, 0.2) is 0 Å². The standard InChI is InChI=1S/C16H23N3O3/c1-2-8-19-15(21)13-11-17(9-10-18(13)16(19)22)14(20)12-6-4-3-5-7-12/h2,12-13H,1,3-11H2/t13-/m0/s1. The predicted molar refractivity (Wildman–Crippen MR) is 81.0 cm³/mol. The minimum absolute atomic E-state index is 0.108. The van der Waals surface area contributed by atoms with Gasteiger partial charge in [-0.2, -0.15) is 0 Å². The maximum atomic E-state index is 12.6. The Kier molecular flexibility index (Phi) is 4.18. The minimum Gasteiger partial charge on any atom is -0.338 e. The van der Waals surface area contributed by atoms with E-state index in [-0.39, 0.29) is 30.3 Å². The quantitative estimate of drug-likeness (QED) is 0.582. The zero-order chi connectivity index (χ0) is 15.7. The number of carbonyl (C=O) groups is 3. The van der Waals surface area contributed by atoms with Gasteiger partial charge in [-0.25, -0.2) is 4.79 Å². The number of piperazine rings is 1. The normalized spacial score (nSPS) is 26.4. The first-order valence-electron chi connectivity index (χ1n) is 8.15. The maximum absolute atomic E-state index is 12.6. The molecule has 0 radical (unpaired) electrons. The lowest BCUT2D eigenvalue weighted by Gasteiger charge is -2.37. The summed E-state index contributed by atoms with van der Waals surface area (Å²) in [5, 5.41) is 0. The Morgan fingerprint density at radius 3 is 2.59 bits per heavy atom. The van der Waals surface area contributed by atoms with E-state index in [0.717, 1.165) is 25.7 Å². The van der Waals surface area contributed by atoms with E-state index >= 15 is 0 Å². The average Bonchev–Trinajstić information content (AvgIpc) is 2.80. The summed E-state index contributed by atoms with van der Waals surface area (Å²) in [5.74, 6) is 0.0737. The first kappa shape index (κ1) is 15.1. The van der Waals surface area contributed by atoms with E-state index in [1.54, 1.807) is 15.9 Å². The van der Waals surface area contributed by atoms with E-state index in [1.807, 2.05) is 0 Å². The van der Waals surface area contributed by atoms with Crippen LogP contribution >= 0.6 is 0 Å². The average molecular weight is 305 g/mol. The van der Waals surface area contributed by atoms with Gasteiger partial charge >= 0.3 is 6.03 Å². The zero-order valence-corrected chi connectivity index (χ0v) is 12.9. The Balaban J connectivity index is 1.68. The van der Waals surface area contributed by atoms with Crippen molar-refractivity contribution in [2.24, 2.45) is 5.92 Å². The Hall–Kier alpha value is -1.85. The van der Waals surface area contributed by atoms with Gasteiger partial charge in [0.05, 0.1) is 6.54 Å². The number of hydrogen-bond donors (Lipinski definition) is 0. The van der Waals surface area contributed by atoms with E-state index in [0.29, 0.717) is 19.6 Å². The fourth-order valence-corrected chi connectivity index (χ4v) is 3.76. The van der Waals surface area contributed by atoms with Crippen molar-refractivity contribution in [1.82, 2.24) is 14.7 Å². The van der Waals surface area contributed by atoms with Gasteiger partial charge < -0.3 is 9.80 Å². The molecule has 1 atom stereocenters. The second-order valence-electron chi connectivity index (χ2n) is 6.35. The van der Waals surface area contributed by atoms with Gasteiger partial charge in [-0.3, -0.25) is 14.5 Å². The van der Waals surface area contributed by atoms with Crippen molar-refractivity contribution in [2.45, 2.75) is 38.1 Å². The Bertz CT molecular complexity index is 499. The van der Waals surface area contributed by atoms with E-state index < -0.39 is 6.04 Å². The van der Waals surface area contributed by atoms with Gasteiger partial charge in [0.1, 0.15) is 6.04 Å². The molecule has 6 nitrogen and oxygen atoms in total. The van der Waals surface area contributed by atoms with Crippen molar-refractivity contribution in [1.29, 1.82) is 0 Å². The van der Waals surface area contributed by atoms with Crippen LogP contribution in [0.2, 0.25) is 0 Å². The summed E-state index contributed by atoms with van der Waals surface area (Å²) in [6.45, 7) is 5.14. The van der Waals surface area contributed by atoms with Crippen LogP contribution < -0.4 is 0 Å². The van der Waals surface area contributed by atoms with Gasteiger partial charge in [-0.15, -0.1) is 6.58 Å². The molecule has 0 N–H and O–H groups in total. The molecule has 3 rings (SSSR count). The molecule has 0 aromatic carbocycles. The molecule has 0 spiro atoms. The van der Waals surface area contributed by atoms with Gasteiger partial charge in [0, 0.05) is 25.6 Å². The van der Waals surface area contributed by atoms with Crippen LogP contribution in [0.4, 0.5) is 4.79 Å². The third-order valence-electron chi connectivity index (χ3n) is 4.99. The largest absolute Gasteiger partial charge is 0.338 e. The molecule has 2 saturated heterocycles. The molecular weight excluding hydrogens is 282 g/mol. The fraction of sp³-hybridized carbons (Fsp3) is 0.688. The lowest BCUT2D eigenvalue weighted by Crippen LogP contribution is -2.55. The smallest absolute Gasteiger partial charge is 0.327 e. The summed E-state index contributed by atoms with van der Waals surface area (Å²) in [6.07, 6.45) is 6.91. The van der Waals surface area contributed by atoms with Crippen LogP contribution in [0.25, 0.3) is 0 Å². The van der Waals surface area contributed by atoms with E-state index in [4.69, 9.17) is 0 Å². The van der Waals surface area contributed by atoms with Crippen molar-refractivity contribution in [3.05, 3.63) is 12.7 Å². The van der Waals surface area contributed by atoms with Crippen LogP contribution in [0.5, 0.6) is 0 Å². The number of hydrogen-bond acceptors (Lipinski definition) is 3. The summed E-state index contributed by atoms with van der Waals surface area (Å²) in [5.41, 5.74) is 0. The van der Waals surface area contributed by atoms with E-state index in [2.05, 4.69) is 6.58 Å². The molecule has 0 aromatic rings. The van der Waals surface area contributed by atoms with Crippen molar-refractivity contribution >= 4 is 17.8 Å². The van der Waals surface area contributed by atoms with Crippen LogP contribution in [0, 0.1) is 5.92 Å². The first-order chi connectivity index (χ1) is 10.6. The molecule has 3 aliphatic rings. The number of carbonyl (C=O) groups excluding carboxylic acids is 3. The molecule has 4 amide bonds. The lowest BCUT2D eigenvalue weighted by atomic mass is 9.88. The third kappa shape index (κ3) is 2.51. The van der Waals surface area contributed by atoms with Crippen LogP contribution in [0.15, 0.2) is 12.7 Å². The molecule has 0 aromatic heterocycles. The van der Waals surface area contributed by atoms with Gasteiger partial charge in [0.2, 0.25) is 5.91 Å². The van der Waals surface area contributed by atoms with Crippen LogP contribution in [0.3, 0.4) is 0 Å². The van der Waals surface area contributed by atoms with Crippen molar-refractivity contribution in [3.63, 3.8) is 0 Å². The highest BCUT2D eigenvalue weighted by atomic mass is 16.2. The fourth-order valence-electron chi connectivity index (χ4n) is 3.76. The van der Waals surface area contributed by atoms with E-state index in [9.17, 15) is 14.4 Å². The predicted octanol–water partition coefficient (Wildman–Crippen LogP) is 1.23. The summed E-state index contributed by atoms with van der Waals surface area (Å²) >= 11 is 0. The number of fused-ring (bicyclic) bond motifs is 1. The molecule has 3 fully saturated rings. The van der Waals surface area contributed by atoms with Gasteiger partial charge in [-0.1, -0.05) is 25.3 Å². The summed E-state index contributed by atoms with van der Waals surface area (Å²) in [6, 6.07) is -0.756. The Labute approximate surface area is 130 Å². The molecule has 22 heavy (non-hydrogen) atoms. The number of rotatable bonds is 3. The second kappa shape index (κ2) is 6.10. The highest BCUT2D eigenvalue weighted by Crippen LogP contribution is 2.28. The SMILES string of the molecule is C=CCN1C(=O)[C@@H]2CN(C(=O)C3CCCCC3)CCN2C1=O. The third-order valence-corrected chi connectivity index (χ3v) is 4.99. The van der Waals surface area contributed by atoms with Crippen molar-refractivity contribution in [2.75, 3.05) is 26.2 Å². The van der Waals surface area contributed by atoms with E-state index in [1.165, 1.54) is 11.3 Å². The molecular formula is C16H23N3O3. The van der Waals surface area contributed by atoms with Crippen molar-refractivity contribution < 1.29 is 14.4 Å². The molecule has 6 heteroatoms. The van der Waals surface area contributed by atoms with Crippen molar-refractivity contribution in [3.8, 4) is 0 Å². The molecule has 1 aliphatic carbocycles. The number of amides is 4. The molecule has 2 aliphatic heterocycles. The Morgan fingerprint density at radius 2 is 1.91 bits per heavy atom. The molecule has 1 saturated carbocycles. The van der Waals surface area contributed by atoms with Crippen LogP contribution in [-0.2, 0) is 9.59 Å². The highest BCUT2D eigenvalue weighted by Gasteiger charge is 2.48. The molecule has 2 heterocycles. The lowest BCUT2D eigenvalue weighted by molar-refractivity contribution is -0.140. The topological polar surface area (TPSA) is 60.9 Å². The zero-order valence-electron chi connectivity index (χ0n) is 12.9. The molecule has 120 valence electrons. The minimum atomic E-state index is -0.506. The molecule has 0 unspecified atom stereocenters. The summed E-state index contributed by atoms with van der Waals surface area (Å²) in [7, 11) is 0. The number of nitrogens with zero attached hydrogens (tertiary/aromatic N) is 3. The van der Waals surface area contributed by atoms with Crippen LogP contribution in [-0.4, -0.2) is 64.8 Å². The van der Waals surface area contributed by atoms with Gasteiger partial charge in [0.25, 0.3) is 5.91 Å². The summed E-state index contributed by atoms with van der Waals surface area (Å²) < 4.78 is 0. The number of imide groups is 1. The highest BCUT2D eigenvalue weighted by molar-refractivity contribution is 6.05. The monoisotopic (exact) mass is 305 g/mol. The summed E-state index contributed by atoms with van der Waals surface area (Å²) in [4.78, 5) is 41.8. The Morgan fingerprint density at radius 1 is 1.18 bits per heavy atom. The second-order valence-corrected chi connectivity index (χ2v) is 6.35.